The van der Waals surface area contributed by atoms with Gasteiger partial charge in [-0.15, -0.1) is 0 Å². The summed E-state index contributed by atoms with van der Waals surface area (Å²) in [6.45, 7) is 17.2. The predicted molar refractivity (Wildman–Crippen MR) is 124 cm³/mol. The number of benzene rings is 1. The number of rotatable bonds is 5. The van der Waals surface area contributed by atoms with Gasteiger partial charge in [-0.3, -0.25) is 4.79 Å². The molecule has 29 heavy (non-hydrogen) atoms. The van der Waals surface area contributed by atoms with Crippen LogP contribution in [0.4, 0.5) is 0 Å². The molecule has 0 atom stereocenters. The number of fused-ring (bicyclic) bond motifs is 1. The van der Waals surface area contributed by atoms with Crippen LogP contribution in [0.3, 0.4) is 0 Å². The molecule has 1 fully saturated rings. The van der Waals surface area contributed by atoms with Crippen LogP contribution < -0.4 is 0 Å². The van der Waals surface area contributed by atoms with Crippen LogP contribution in [0.5, 0.6) is 0 Å². The lowest BCUT2D eigenvalue weighted by molar-refractivity contribution is -0.133. The molecule has 1 aromatic heterocycles. The Bertz CT molecular complexity index is 854. The van der Waals surface area contributed by atoms with E-state index in [0.717, 1.165) is 5.56 Å². The molecule has 1 N–H and O–H groups in total. The summed E-state index contributed by atoms with van der Waals surface area (Å²) in [5.41, 5.74) is 3.34. The molecule has 1 saturated heterocycles. The lowest BCUT2D eigenvalue weighted by Crippen LogP contribution is -2.51. The van der Waals surface area contributed by atoms with E-state index in [1.165, 1.54) is 10.9 Å². The van der Waals surface area contributed by atoms with E-state index in [4.69, 9.17) is 0 Å². The van der Waals surface area contributed by atoms with Crippen LogP contribution in [0.2, 0.25) is 16.6 Å². The molecule has 0 bridgehead atoms. The van der Waals surface area contributed by atoms with E-state index in [2.05, 4.69) is 76.2 Å². The molecule has 1 aliphatic heterocycles. The van der Waals surface area contributed by atoms with Gasteiger partial charge in [-0.05, 0) is 64.8 Å². The van der Waals surface area contributed by atoms with Crippen LogP contribution in [0.1, 0.15) is 66.9 Å². The predicted octanol–water partition coefficient (Wildman–Crippen LogP) is 5.49. The molecule has 0 saturated carbocycles. The van der Waals surface area contributed by atoms with Crippen molar-refractivity contribution in [1.82, 2.24) is 9.13 Å². The number of aliphatic hydroxyl groups is 1. The molecule has 160 valence electrons. The molecule has 3 rings (SSSR count). The van der Waals surface area contributed by atoms with Crippen molar-refractivity contribution in [1.29, 1.82) is 0 Å². The first-order chi connectivity index (χ1) is 13.5. The third kappa shape index (κ3) is 3.57. The van der Waals surface area contributed by atoms with Gasteiger partial charge in [-0.1, -0.05) is 47.6 Å². The number of nitrogens with zero attached hydrogens (tertiary/aromatic N) is 2. The van der Waals surface area contributed by atoms with Crippen LogP contribution in [-0.4, -0.2) is 41.5 Å². The Hall–Kier alpha value is -1.59. The number of carbonyl (C=O) groups excluding carboxylic acids is 1. The van der Waals surface area contributed by atoms with Gasteiger partial charge < -0.3 is 14.2 Å². The van der Waals surface area contributed by atoms with E-state index in [-0.39, 0.29) is 5.91 Å². The van der Waals surface area contributed by atoms with Crippen LogP contribution in [-0.2, 0) is 10.4 Å². The fourth-order valence-electron chi connectivity index (χ4n) is 6.08. The Labute approximate surface area is 177 Å². The number of carbonyl (C=O) groups is 1. The Morgan fingerprint density at radius 3 is 2.03 bits per heavy atom. The minimum Gasteiger partial charge on any atom is -0.385 e. The van der Waals surface area contributed by atoms with Crippen LogP contribution in [0.25, 0.3) is 10.9 Å². The highest BCUT2D eigenvalue weighted by molar-refractivity contribution is 6.82. The van der Waals surface area contributed by atoms with Gasteiger partial charge in [0.1, 0.15) is 0 Å². The van der Waals surface area contributed by atoms with Gasteiger partial charge in [0.05, 0.1) is 5.60 Å². The first-order valence-electron chi connectivity index (χ1n) is 11.1. The van der Waals surface area contributed by atoms with Crippen molar-refractivity contribution in [3.63, 3.8) is 0 Å². The third-order valence-electron chi connectivity index (χ3n) is 7.46. The Balaban J connectivity index is 2.01. The molecular formula is C24H38N2O2Si. The number of aromatic nitrogens is 1. The van der Waals surface area contributed by atoms with Crippen molar-refractivity contribution in [2.75, 3.05) is 13.1 Å². The molecular weight excluding hydrogens is 376 g/mol. The van der Waals surface area contributed by atoms with Crippen LogP contribution in [0, 0.1) is 0 Å². The highest BCUT2D eigenvalue weighted by Crippen LogP contribution is 2.44. The largest absolute Gasteiger partial charge is 0.385 e. The molecule has 2 aromatic rings. The first kappa shape index (κ1) is 22.1. The average molecular weight is 415 g/mol. The quantitative estimate of drug-likeness (QED) is 0.657. The molecule has 4 nitrogen and oxygen atoms in total. The smallest absolute Gasteiger partial charge is 0.219 e. The fourth-order valence-corrected chi connectivity index (χ4v) is 12.7. The number of hydrogen-bond donors (Lipinski definition) is 1. The summed E-state index contributed by atoms with van der Waals surface area (Å²) in [5.74, 6) is 0.0944. The van der Waals surface area contributed by atoms with Gasteiger partial charge in [-0.2, -0.15) is 0 Å². The molecule has 0 aliphatic carbocycles. The van der Waals surface area contributed by atoms with Gasteiger partial charge in [0.25, 0.3) is 0 Å². The molecule has 5 heteroatoms. The summed E-state index contributed by atoms with van der Waals surface area (Å²) < 4.78 is 2.62. The maximum atomic E-state index is 11.6. The van der Waals surface area contributed by atoms with E-state index < -0.39 is 13.8 Å². The summed E-state index contributed by atoms with van der Waals surface area (Å²) in [6.07, 6.45) is 3.49. The standard InChI is InChI=1S/C24H38N2O2Si/c1-17(2)29(18(3)4,19(5)6)26-13-10-21-16-22(8-9-23(21)26)24(28)11-14-25(15-12-24)20(7)27/h8-10,13,16-19,28H,11-12,14-15H2,1-7H3. The summed E-state index contributed by atoms with van der Waals surface area (Å²) >= 11 is 0. The van der Waals surface area contributed by atoms with Gasteiger partial charge in [0, 0.05) is 25.5 Å². The summed E-state index contributed by atoms with van der Waals surface area (Å²) in [4.78, 5) is 13.5. The molecule has 1 amide bonds. The average Bonchev–Trinajstić information content (AvgIpc) is 3.05. The normalized spacial score (nSPS) is 17.7. The number of hydrogen-bond acceptors (Lipinski definition) is 2. The molecule has 2 heterocycles. The van der Waals surface area contributed by atoms with Crippen LogP contribution in [0.15, 0.2) is 30.5 Å². The second-order valence-electron chi connectivity index (χ2n) is 9.85. The maximum absolute atomic E-state index is 11.6. The second-order valence-corrected chi connectivity index (χ2v) is 15.6. The minimum atomic E-state index is -1.80. The highest BCUT2D eigenvalue weighted by atomic mass is 28.3. The Kier molecular flexibility index (Phi) is 6.03. The summed E-state index contributed by atoms with van der Waals surface area (Å²) in [5, 5.41) is 12.5. The van der Waals surface area contributed by atoms with Gasteiger partial charge in [0.2, 0.25) is 5.91 Å². The van der Waals surface area contributed by atoms with Crippen molar-refractivity contribution < 1.29 is 9.90 Å². The molecule has 0 radical (unpaired) electrons. The Morgan fingerprint density at radius 2 is 1.55 bits per heavy atom. The van der Waals surface area contributed by atoms with E-state index in [1.54, 1.807) is 6.92 Å². The summed E-state index contributed by atoms with van der Waals surface area (Å²) in [7, 11) is -1.80. The van der Waals surface area contributed by atoms with Gasteiger partial charge in [-0.25, -0.2) is 0 Å². The second kappa shape index (κ2) is 7.92. The topological polar surface area (TPSA) is 45.5 Å². The van der Waals surface area contributed by atoms with E-state index in [0.29, 0.717) is 42.6 Å². The van der Waals surface area contributed by atoms with E-state index >= 15 is 0 Å². The zero-order chi connectivity index (χ0) is 21.6. The third-order valence-corrected chi connectivity index (χ3v) is 14.2. The SMILES string of the molecule is CC(=O)N1CCC(O)(c2ccc3c(ccn3[Si](C(C)C)(C(C)C)C(C)C)c2)CC1. The lowest BCUT2D eigenvalue weighted by atomic mass is 9.84. The lowest BCUT2D eigenvalue weighted by Gasteiger charge is -2.44. The van der Waals surface area contributed by atoms with Crippen LogP contribution >= 0.6 is 0 Å². The summed E-state index contributed by atoms with van der Waals surface area (Å²) in [6, 6.07) is 8.73. The minimum absolute atomic E-state index is 0.0944. The highest BCUT2D eigenvalue weighted by Gasteiger charge is 2.45. The number of piperidine rings is 1. The van der Waals surface area contributed by atoms with Crippen molar-refractivity contribution in [3.05, 3.63) is 36.0 Å². The first-order valence-corrected chi connectivity index (χ1v) is 13.3. The zero-order valence-electron chi connectivity index (χ0n) is 19.2. The zero-order valence-corrected chi connectivity index (χ0v) is 20.2. The van der Waals surface area contributed by atoms with E-state index in [9.17, 15) is 9.90 Å². The van der Waals surface area contributed by atoms with E-state index in [1.807, 2.05) is 4.90 Å². The maximum Gasteiger partial charge on any atom is 0.219 e. The van der Waals surface area contributed by atoms with Crippen molar-refractivity contribution >= 4 is 25.0 Å². The molecule has 0 unspecified atom stereocenters. The number of likely N-dealkylation sites (tertiary alicyclic amines) is 1. The monoisotopic (exact) mass is 414 g/mol. The number of amides is 1. The fraction of sp³-hybridized carbons (Fsp3) is 0.625. The molecule has 1 aliphatic rings. The van der Waals surface area contributed by atoms with Gasteiger partial charge in [0.15, 0.2) is 8.24 Å². The van der Waals surface area contributed by atoms with Crippen molar-refractivity contribution in [2.24, 2.45) is 0 Å². The Morgan fingerprint density at radius 1 is 1.00 bits per heavy atom. The molecule has 0 spiro atoms. The van der Waals surface area contributed by atoms with Crippen molar-refractivity contribution in [2.45, 2.75) is 83.5 Å². The van der Waals surface area contributed by atoms with Crippen molar-refractivity contribution in [3.8, 4) is 0 Å². The van der Waals surface area contributed by atoms with Gasteiger partial charge >= 0.3 is 0 Å². The molecule has 1 aromatic carbocycles.